The van der Waals surface area contributed by atoms with Gasteiger partial charge in [-0.25, -0.2) is 0 Å². The van der Waals surface area contributed by atoms with Gasteiger partial charge in [0.1, 0.15) is 0 Å². The Balaban J connectivity index is 1.52. The summed E-state index contributed by atoms with van der Waals surface area (Å²) in [6.45, 7) is 0.800. The predicted molar refractivity (Wildman–Crippen MR) is 91.5 cm³/mol. The van der Waals surface area contributed by atoms with Gasteiger partial charge in [0, 0.05) is 28.0 Å². The number of halogens is 1. The van der Waals surface area contributed by atoms with Gasteiger partial charge >= 0.3 is 0 Å². The van der Waals surface area contributed by atoms with Crippen molar-refractivity contribution in [3.05, 3.63) is 29.3 Å². The maximum Gasteiger partial charge on any atom is 0.0783 e. The van der Waals surface area contributed by atoms with Crippen LogP contribution >= 0.6 is 35.1 Å². The van der Waals surface area contributed by atoms with Crippen molar-refractivity contribution in [2.45, 2.75) is 35.9 Å². The average molecular weight is 345 g/mol. The molecule has 1 aromatic rings. The van der Waals surface area contributed by atoms with Crippen LogP contribution in [-0.2, 0) is 4.74 Å². The Morgan fingerprint density at radius 2 is 2.24 bits per heavy atom. The minimum Gasteiger partial charge on any atom is -0.392 e. The summed E-state index contributed by atoms with van der Waals surface area (Å²) < 4.78 is 6.03. The highest BCUT2D eigenvalue weighted by molar-refractivity contribution is 7.99. The highest BCUT2D eigenvalue weighted by Crippen LogP contribution is 2.41. The first-order valence-corrected chi connectivity index (χ1v) is 9.97. The molecule has 1 aromatic carbocycles. The molecule has 0 saturated carbocycles. The summed E-state index contributed by atoms with van der Waals surface area (Å²) in [5, 5.41) is 11.3. The highest BCUT2D eigenvalue weighted by atomic mass is 35.5. The van der Waals surface area contributed by atoms with E-state index in [-0.39, 0.29) is 11.7 Å². The van der Waals surface area contributed by atoms with Crippen LogP contribution in [0.1, 0.15) is 19.3 Å². The third-order valence-electron chi connectivity index (χ3n) is 4.38. The van der Waals surface area contributed by atoms with E-state index in [1.165, 1.54) is 5.75 Å². The van der Waals surface area contributed by atoms with Gasteiger partial charge in [-0.2, -0.15) is 11.8 Å². The van der Waals surface area contributed by atoms with Crippen molar-refractivity contribution >= 4 is 35.1 Å². The number of hydrogen-bond acceptors (Lipinski definition) is 4. The molecule has 0 bridgehead atoms. The molecular formula is C16H21ClO2S2. The van der Waals surface area contributed by atoms with E-state index < -0.39 is 0 Å². The Kier molecular flexibility index (Phi) is 5.44. The molecule has 116 valence electrons. The molecule has 2 aliphatic rings. The van der Waals surface area contributed by atoms with Crippen molar-refractivity contribution < 1.29 is 9.84 Å². The lowest BCUT2D eigenvalue weighted by Gasteiger charge is -2.39. The van der Waals surface area contributed by atoms with Gasteiger partial charge in [-0.15, -0.1) is 11.8 Å². The molecule has 2 aliphatic heterocycles. The molecule has 2 nitrogen and oxygen atoms in total. The minimum atomic E-state index is -0.253. The minimum absolute atomic E-state index is 0.0551. The van der Waals surface area contributed by atoms with Crippen molar-refractivity contribution in [3.8, 4) is 0 Å². The lowest BCUT2D eigenvalue weighted by molar-refractivity contribution is -0.0977. The van der Waals surface area contributed by atoms with E-state index in [1.54, 1.807) is 11.8 Å². The molecule has 1 N–H and O–H groups in total. The second-order valence-corrected chi connectivity index (χ2v) is 8.55. The zero-order valence-electron chi connectivity index (χ0n) is 12.0. The second-order valence-electron chi connectivity index (χ2n) is 5.92. The van der Waals surface area contributed by atoms with E-state index >= 15 is 0 Å². The SMILES string of the molecule is OC(CSc1ccc(Cl)cc1)C1CCOC2(CCSC2)C1. The van der Waals surface area contributed by atoms with Crippen LogP contribution < -0.4 is 0 Å². The molecule has 1 spiro atoms. The molecule has 5 heteroatoms. The Bertz CT molecular complexity index is 460. The fraction of sp³-hybridized carbons (Fsp3) is 0.625. The summed E-state index contributed by atoms with van der Waals surface area (Å²) in [6, 6.07) is 7.82. The van der Waals surface area contributed by atoms with Crippen LogP contribution in [0, 0.1) is 5.92 Å². The van der Waals surface area contributed by atoms with E-state index in [4.69, 9.17) is 16.3 Å². The van der Waals surface area contributed by atoms with Crippen LogP contribution in [0.5, 0.6) is 0 Å². The van der Waals surface area contributed by atoms with Gasteiger partial charge in [-0.1, -0.05) is 11.6 Å². The maximum atomic E-state index is 10.5. The van der Waals surface area contributed by atoms with Crippen LogP contribution in [0.3, 0.4) is 0 Å². The van der Waals surface area contributed by atoms with Crippen molar-refractivity contribution in [1.82, 2.24) is 0 Å². The number of ether oxygens (including phenoxy) is 1. The molecule has 3 unspecified atom stereocenters. The molecule has 2 saturated heterocycles. The van der Waals surface area contributed by atoms with E-state index in [0.29, 0.717) is 5.92 Å². The highest BCUT2D eigenvalue weighted by Gasteiger charge is 2.42. The second kappa shape index (κ2) is 7.14. The summed E-state index contributed by atoms with van der Waals surface area (Å²) in [7, 11) is 0. The average Bonchev–Trinajstić information content (AvgIpc) is 2.94. The molecule has 3 rings (SSSR count). The standard InChI is InChI=1S/C16H21ClO2S2/c17-13-1-3-14(4-2-13)21-10-15(18)12-5-7-19-16(9-12)6-8-20-11-16/h1-4,12,15,18H,5-11H2. The Morgan fingerprint density at radius 1 is 1.43 bits per heavy atom. The number of rotatable bonds is 4. The van der Waals surface area contributed by atoms with Crippen LogP contribution in [0.15, 0.2) is 29.2 Å². The normalized spacial score (nSPS) is 30.7. The monoisotopic (exact) mass is 344 g/mol. The Labute approximate surface area is 140 Å². The smallest absolute Gasteiger partial charge is 0.0783 e. The van der Waals surface area contributed by atoms with Gasteiger partial charge < -0.3 is 9.84 Å². The van der Waals surface area contributed by atoms with Crippen molar-refractivity contribution in [1.29, 1.82) is 0 Å². The van der Waals surface area contributed by atoms with Crippen LogP contribution in [0.2, 0.25) is 5.02 Å². The van der Waals surface area contributed by atoms with E-state index in [0.717, 1.165) is 47.3 Å². The third kappa shape index (κ3) is 4.11. The van der Waals surface area contributed by atoms with Gasteiger partial charge in [0.2, 0.25) is 0 Å². The van der Waals surface area contributed by atoms with Gasteiger partial charge in [-0.05, 0) is 55.2 Å². The zero-order valence-corrected chi connectivity index (χ0v) is 14.4. The number of benzene rings is 1. The molecule has 21 heavy (non-hydrogen) atoms. The quantitative estimate of drug-likeness (QED) is 0.833. The van der Waals surface area contributed by atoms with Crippen molar-refractivity contribution in [3.63, 3.8) is 0 Å². The first-order valence-electron chi connectivity index (χ1n) is 7.45. The molecule has 3 atom stereocenters. The van der Waals surface area contributed by atoms with Gasteiger partial charge in [-0.3, -0.25) is 0 Å². The van der Waals surface area contributed by atoms with Crippen LogP contribution in [0.4, 0.5) is 0 Å². The molecule has 2 fully saturated rings. The number of hydrogen-bond donors (Lipinski definition) is 1. The van der Waals surface area contributed by atoms with Crippen molar-refractivity contribution in [2.75, 3.05) is 23.9 Å². The summed E-state index contributed by atoms with van der Waals surface area (Å²) in [5.41, 5.74) is 0.0551. The molecule has 0 aliphatic carbocycles. The topological polar surface area (TPSA) is 29.5 Å². The first kappa shape index (κ1) is 16.0. The van der Waals surface area contributed by atoms with E-state index in [9.17, 15) is 5.11 Å². The van der Waals surface area contributed by atoms with Crippen molar-refractivity contribution in [2.24, 2.45) is 5.92 Å². The van der Waals surface area contributed by atoms with E-state index in [2.05, 4.69) is 0 Å². The largest absolute Gasteiger partial charge is 0.392 e. The lowest BCUT2D eigenvalue weighted by Crippen LogP contribution is -2.43. The van der Waals surface area contributed by atoms with Crippen LogP contribution in [-0.4, -0.2) is 40.7 Å². The molecule has 0 radical (unpaired) electrons. The number of aliphatic hydroxyl groups excluding tert-OH is 1. The third-order valence-corrected chi connectivity index (χ3v) is 6.97. The molecule has 0 aromatic heterocycles. The summed E-state index contributed by atoms with van der Waals surface area (Å²) in [4.78, 5) is 1.16. The van der Waals surface area contributed by atoms with E-state index in [1.807, 2.05) is 36.0 Å². The predicted octanol–water partition coefficient (Wildman–Crippen LogP) is 4.10. The molecular weight excluding hydrogens is 324 g/mol. The summed E-state index contributed by atoms with van der Waals surface area (Å²) in [6.07, 6.45) is 2.89. The van der Waals surface area contributed by atoms with Crippen LogP contribution in [0.25, 0.3) is 0 Å². The maximum absolute atomic E-state index is 10.5. The molecule has 2 heterocycles. The van der Waals surface area contributed by atoms with Gasteiger partial charge in [0.15, 0.2) is 0 Å². The summed E-state index contributed by atoms with van der Waals surface area (Å²) >= 11 is 9.58. The first-order chi connectivity index (χ1) is 10.2. The van der Waals surface area contributed by atoms with Gasteiger partial charge in [0.25, 0.3) is 0 Å². The fourth-order valence-electron chi connectivity index (χ4n) is 3.11. The number of thioether (sulfide) groups is 2. The Morgan fingerprint density at radius 3 is 2.95 bits per heavy atom. The number of aliphatic hydroxyl groups is 1. The zero-order chi connectivity index (χ0) is 14.7. The van der Waals surface area contributed by atoms with Gasteiger partial charge in [0.05, 0.1) is 11.7 Å². The Hall–Kier alpha value is 0.130. The molecule has 0 amide bonds. The summed E-state index contributed by atoms with van der Waals surface area (Å²) in [5.74, 6) is 3.41. The fourth-order valence-corrected chi connectivity index (χ4v) is 5.57. The lowest BCUT2D eigenvalue weighted by atomic mass is 9.83.